The molecule has 1 aliphatic rings. The first-order valence-corrected chi connectivity index (χ1v) is 31.5. The van der Waals surface area contributed by atoms with Crippen LogP contribution in [0.3, 0.4) is 0 Å². The molecule has 1 saturated heterocycles. The Morgan fingerprint density at radius 1 is 0.420 bits per heavy atom. The fourth-order valence-corrected chi connectivity index (χ4v) is 8.77. The molecule has 0 amide bonds. The molecule has 1 heterocycles. The van der Waals surface area contributed by atoms with Gasteiger partial charge in [-0.25, -0.2) is 4.79 Å². The number of aliphatic hydroxyl groups excluding tert-OH is 2. The SMILES string of the molecule is CC/C=C\C/C=C\C/C=C\C/C=C\C/C=C\CCCCCC(=O)OCC(COC1OC(C(=O)O)C(O)C(O)C1OC(=O)CCCCCCCCCCCCCCC)OC(=O)CCCCC/C=C\C/C=C\C/C=C\C/C=C\C/C=C\CC. The summed E-state index contributed by atoms with van der Waals surface area (Å²) in [5.41, 5.74) is 0. The minimum Gasteiger partial charge on any atom is -0.479 e. The molecule has 0 aliphatic carbocycles. The second-order valence-corrected chi connectivity index (χ2v) is 20.9. The number of carbonyl (C=O) groups excluding carboxylic acids is 3. The van der Waals surface area contributed by atoms with Crippen LogP contribution in [0.5, 0.6) is 0 Å². The molecule has 0 aromatic heterocycles. The van der Waals surface area contributed by atoms with Crippen molar-refractivity contribution in [2.75, 3.05) is 13.2 Å². The zero-order valence-corrected chi connectivity index (χ0v) is 50.5. The van der Waals surface area contributed by atoms with Crippen molar-refractivity contribution in [1.82, 2.24) is 0 Å². The molecule has 3 N–H and O–H groups in total. The lowest BCUT2D eigenvalue weighted by atomic mass is 9.98. The molecule has 12 nitrogen and oxygen atoms in total. The van der Waals surface area contributed by atoms with Crippen LogP contribution >= 0.6 is 0 Å². The number of hydrogen-bond acceptors (Lipinski definition) is 11. The summed E-state index contributed by atoms with van der Waals surface area (Å²) < 4.78 is 28.4. The van der Waals surface area contributed by atoms with E-state index in [2.05, 4.69) is 142 Å². The van der Waals surface area contributed by atoms with Gasteiger partial charge in [0, 0.05) is 19.3 Å². The maximum absolute atomic E-state index is 13.2. The lowest BCUT2D eigenvalue weighted by Gasteiger charge is -2.40. The molecule has 0 aromatic carbocycles. The first-order valence-electron chi connectivity index (χ1n) is 31.5. The van der Waals surface area contributed by atoms with Gasteiger partial charge in [-0.05, 0) is 109 Å². The smallest absolute Gasteiger partial charge is 0.335 e. The first-order chi connectivity index (χ1) is 39.6. The van der Waals surface area contributed by atoms with Crippen LogP contribution in [0.15, 0.2) is 122 Å². The average molecular weight is 1130 g/mol. The number of esters is 3. The lowest BCUT2D eigenvalue weighted by molar-refractivity contribution is -0.301. The van der Waals surface area contributed by atoms with Gasteiger partial charge in [0.25, 0.3) is 0 Å². The van der Waals surface area contributed by atoms with E-state index in [-0.39, 0.29) is 25.9 Å². The molecule has 0 radical (unpaired) electrons. The van der Waals surface area contributed by atoms with Crippen LogP contribution in [0, 0.1) is 0 Å². The van der Waals surface area contributed by atoms with E-state index in [0.717, 1.165) is 128 Å². The summed E-state index contributed by atoms with van der Waals surface area (Å²) in [7, 11) is 0. The highest BCUT2D eigenvalue weighted by atomic mass is 16.7. The Bertz CT molecular complexity index is 1870. The van der Waals surface area contributed by atoms with Crippen molar-refractivity contribution in [3.63, 3.8) is 0 Å². The van der Waals surface area contributed by atoms with Gasteiger partial charge in [0.1, 0.15) is 18.8 Å². The Kier molecular flexibility index (Phi) is 50.9. The number of carboxylic acids is 1. The highest BCUT2D eigenvalue weighted by molar-refractivity contribution is 5.74. The number of carbonyl (C=O) groups is 4. The van der Waals surface area contributed by atoms with Crippen LogP contribution in [0.2, 0.25) is 0 Å². The number of aliphatic carboxylic acids is 1. The number of ether oxygens (including phenoxy) is 5. The van der Waals surface area contributed by atoms with Crippen LogP contribution in [0.4, 0.5) is 0 Å². The molecule has 458 valence electrons. The summed E-state index contributed by atoms with van der Waals surface area (Å²) in [5.74, 6) is -3.22. The summed E-state index contributed by atoms with van der Waals surface area (Å²) in [4.78, 5) is 51.3. The zero-order valence-electron chi connectivity index (χ0n) is 50.5. The quantitative estimate of drug-likeness (QED) is 0.0228. The molecular weight excluding hydrogens is 1020 g/mol. The Balaban J connectivity index is 2.73. The van der Waals surface area contributed by atoms with Crippen LogP contribution in [0.25, 0.3) is 0 Å². The molecule has 81 heavy (non-hydrogen) atoms. The molecule has 6 atom stereocenters. The van der Waals surface area contributed by atoms with E-state index < -0.39 is 67.3 Å². The van der Waals surface area contributed by atoms with Crippen molar-refractivity contribution in [2.24, 2.45) is 0 Å². The third-order valence-corrected chi connectivity index (χ3v) is 13.5. The number of carboxylic acid groups (broad SMARTS) is 1. The molecule has 0 spiro atoms. The Morgan fingerprint density at radius 2 is 0.778 bits per heavy atom. The van der Waals surface area contributed by atoms with Gasteiger partial charge >= 0.3 is 23.9 Å². The average Bonchev–Trinajstić information content (AvgIpc) is 3.46. The number of rotatable bonds is 52. The normalized spacial score (nSPS) is 18.6. The van der Waals surface area contributed by atoms with Crippen LogP contribution < -0.4 is 0 Å². The van der Waals surface area contributed by atoms with E-state index in [1.807, 2.05) is 0 Å². The highest BCUT2D eigenvalue weighted by Gasteiger charge is 2.50. The lowest BCUT2D eigenvalue weighted by Crippen LogP contribution is -2.61. The van der Waals surface area contributed by atoms with Gasteiger partial charge in [0.2, 0.25) is 0 Å². The number of aliphatic hydroxyl groups is 2. The minimum atomic E-state index is -1.92. The van der Waals surface area contributed by atoms with Crippen molar-refractivity contribution in [3.8, 4) is 0 Å². The highest BCUT2D eigenvalue weighted by Crippen LogP contribution is 2.26. The molecule has 0 saturated carbocycles. The molecule has 0 aromatic rings. The fraction of sp³-hybridized carbons (Fsp3) is 0.652. The standard InChI is InChI=1S/C69H110O12/c1-4-7-10-13-16-19-22-25-27-29-31-33-35-38-40-43-46-49-52-55-61(70)77-58-60(79-62(71)56-53-50-47-44-42-39-36-34-32-30-28-26-23-20-17-14-11-8-5-2)59-78-69-67(65(74)64(73)66(81-69)68(75)76)80-63(72)57-54-51-48-45-41-37-24-21-18-15-12-9-6-3/h7-8,10-11,16-17,19-20,25-28,31-34,38-40,42,60,64-67,69,73-74H,4-6,9,12-15,18,21-24,29-30,35-37,41,43-59H2,1-3H3,(H,75,76)/b10-7-,11-8-,19-16-,20-17-,27-25-,28-26-,33-31-,34-32-,40-38-,42-39-. The van der Waals surface area contributed by atoms with E-state index in [1.165, 1.54) is 51.4 Å². The van der Waals surface area contributed by atoms with Crippen LogP contribution in [-0.2, 0) is 42.9 Å². The molecule has 1 fully saturated rings. The molecule has 0 bridgehead atoms. The van der Waals surface area contributed by atoms with Gasteiger partial charge < -0.3 is 39.0 Å². The molecule has 1 aliphatic heterocycles. The topological polar surface area (TPSA) is 175 Å². The van der Waals surface area contributed by atoms with E-state index >= 15 is 0 Å². The Labute approximate surface area is 490 Å². The van der Waals surface area contributed by atoms with Gasteiger partial charge in [-0.3, -0.25) is 14.4 Å². The summed E-state index contributed by atoms with van der Waals surface area (Å²) >= 11 is 0. The number of unbranched alkanes of at least 4 members (excludes halogenated alkanes) is 18. The van der Waals surface area contributed by atoms with Crippen LogP contribution in [-0.4, -0.2) is 89.2 Å². The van der Waals surface area contributed by atoms with Gasteiger partial charge in [0.15, 0.2) is 24.6 Å². The Morgan fingerprint density at radius 3 is 1.19 bits per heavy atom. The predicted molar refractivity (Wildman–Crippen MR) is 330 cm³/mol. The van der Waals surface area contributed by atoms with Crippen molar-refractivity contribution >= 4 is 23.9 Å². The number of hydrogen-bond donors (Lipinski definition) is 3. The Hall–Kier alpha value is -4.88. The fourth-order valence-electron chi connectivity index (χ4n) is 8.77. The van der Waals surface area contributed by atoms with E-state index in [4.69, 9.17) is 23.7 Å². The minimum absolute atomic E-state index is 0.0496. The largest absolute Gasteiger partial charge is 0.479 e. The predicted octanol–water partition coefficient (Wildman–Crippen LogP) is 16.8. The van der Waals surface area contributed by atoms with E-state index in [0.29, 0.717) is 19.3 Å². The van der Waals surface area contributed by atoms with Gasteiger partial charge in [-0.2, -0.15) is 0 Å². The molecule has 1 rings (SSSR count). The monoisotopic (exact) mass is 1130 g/mol. The summed E-state index contributed by atoms with van der Waals surface area (Å²) in [6.45, 7) is 5.71. The van der Waals surface area contributed by atoms with Crippen molar-refractivity contribution in [1.29, 1.82) is 0 Å². The maximum Gasteiger partial charge on any atom is 0.335 e. The maximum atomic E-state index is 13.2. The third-order valence-electron chi connectivity index (χ3n) is 13.5. The molecule has 6 unspecified atom stereocenters. The second-order valence-electron chi connectivity index (χ2n) is 20.9. The van der Waals surface area contributed by atoms with Crippen molar-refractivity contribution in [2.45, 2.75) is 276 Å². The summed E-state index contributed by atoms with van der Waals surface area (Å²) in [6.07, 6.45) is 64.4. The first kappa shape index (κ1) is 74.1. The van der Waals surface area contributed by atoms with Gasteiger partial charge in [-0.15, -0.1) is 0 Å². The van der Waals surface area contributed by atoms with Crippen molar-refractivity contribution < 1.29 is 58.2 Å². The van der Waals surface area contributed by atoms with Crippen molar-refractivity contribution in [3.05, 3.63) is 122 Å². The van der Waals surface area contributed by atoms with Gasteiger partial charge in [-0.1, -0.05) is 232 Å². The van der Waals surface area contributed by atoms with E-state index in [1.54, 1.807) is 0 Å². The number of allylic oxidation sites excluding steroid dienone is 20. The summed E-state index contributed by atoms with van der Waals surface area (Å²) in [5, 5.41) is 31.5. The van der Waals surface area contributed by atoms with Crippen LogP contribution in [0.1, 0.15) is 239 Å². The van der Waals surface area contributed by atoms with E-state index in [9.17, 15) is 34.5 Å². The van der Waals surface area contributed by atoms with Gasteiger partial charge in [0.05, 0.1) is 6.61 Å². The molecule has 12 heteroatoms. The second kappa shape index (κ2) is 55.6. The zero-order chi connectivity index (χ0) is 58.9. The molecular formula is C69H110O12. The summed E-state index contributed by atoms with van der Waals surface area (Å²) in [6, 6.07) is 0. The third kappa shape index (κ3) is 45.3.